The average molecular weight is 426 g/mol. The molecule has 0 amide bonds. The first-order valence-corrected chi connectivity index (χ1v) is 9.74. The minimum Gasteiger partial charge on any atom is -0.497 e. The second-order valence-corrected chi connectivity index (χ2v) is 7.59. The van der Waals surface area contributed by atoms with E-state index in [-0.39, 0.29) is 0 Å². The van der Waals surface area contributed by atoms with Crippen LogP contribution in [0.4, 0.5) is 11.5 Å². The number of hydrogen-bond acceptors (Lipinski definition) is 5. The van der Waals surface area contributed by atoms with E-state index >= 15 is 0 Å². The zero-order valence-corrected chi connectivity index (χ0v) is 16.7. The molecule has 0 saturated carbocycles. The Morgan fingerprint density at radius 2 is 1.88 bits per heavy atom. The molecular formula is C20H16BrN3OS. The van der Waals surface area contributed by atoms with Crippen LogP contribution in [0.2, 0.25) is 0 Å². The van der Waals surface area contributed by atoms with E-state index in [1.165, 1.54) is 0 Å². The fourth-order valence-electron chi connectivity index (χ4n) is 2.82. The van der Waals surface area contributed by atoms with Gasteiger partial charge in [0.05, 0.1) is 12.5 Å². The van der Waals surface area contributed by atoms with Gasteiger partial charge < -0.3 is 10.1 Å². The van der Waals surface area contributed by atoms with Crippen molar-refractivity contribution in [2.24, 2.45) is 0 Å². The summed E-state index contributed by atoms with van der Waals surface area (Å²) in [7, 11) is 1.67. The Morgan fingerprint density at radius 1 is 1.08 bits per heavy atom. The van der Waals surface area contributed by atoms with Crippen LogP contribution in [0.5, 0.6) is 5.75 Å². The molecule has 4 nitrogen and oxygen atoms in total. The zero-order chi connectivity index (χ0) is 18.1. The van der Waals surface area contributed by atoms with Gasteiger partial charge in [0.25, 0.3) is 0 Å². The van der Waals surface area contributed by atoms with Gasteiger partial charge in [0.2, 0.25) is 0 Å². The number of benzene rings is 2. The molecule has 0 aliphatic carbocycles. The van der Waals surface area contributed by atoms with Crippen LogP contribution in [-0.4, -0.2) is 17.1 Å². The Balaban J connectivity index is 1.84. The Labute approximate surface area is 164 Å². The Morgan fingerprint density at radius 3 is 2.62 bits per heavy atom. The molecule has 0 radical (unpaired) electrons. The molecule has 2 heterocycles. The summed E-state index contributed by atoms with van der Waals surface area (Å²) < 4.78 is 6.28. The maximum atomic E-state index is 5.26. The summed E-state index contributed by atoms with van der Waals surface area (Å²) >= 11 is 5.14. The summed E-state index contributed by atoms with van der Waals surface area (Å²) in [6.45, 7) is 1.91. The molecule has 26 heavy (non-hydrogen) atoms. The number of hydrogen-bond donors (Lipinski definition) is 1. The highest BCUT2D eigenvalue weighted by Gasteiger charge is 2.15. The Hall–Kier alpha value is -2.44. The standard InChI is InChI=1S/C20H16BrN3OS/c1-12-22-19(24-15-5-3-4-14(21)10-15)18-17(11-26-20(18)23-12)13-6-8-16(25-2)9-7-13/h3-11H,1-2H3,(H,22,23,24). The lowest BCUT2D eigenvalue weighted by molar-refractivity contribution is 0.415. The highest BCUT2D eigenvalue weighted by molar-refractivity contribution is 9.10. The van der Waals surface area contributed by atoms with E-state index in [9.17, 15) is 0 Å². The maximum absolute atomic E-state index is 5.26. The van der Waals surface area contributed by atoms with Crippen LogP contribution < -0.4 is 10.1 Å². The molecule has 0 aliphatic heterocycles. The van der Waals surface area contributed by atoms with Gasteiger partial charge in [-0.2, -0.15) is 0 Å². The molecule has 2 aromatic carbocycles. The number of thiophene rings is 1. The third-order valence-electron chi connectivity index (χ3n) is 4.03. The van der Waals surface area contributed by atoms with Gasteiger partial charge in [0.15, 0.2) is 0 Å². The number of nitrogens with zero attached hydrogens (tertiary/aromatic N) is 2. The highest BCUT2D eigenvalue weighted by Crippen LogP contribution is 2.38. The van der Waals surface area contributed by atoms with Crippen molar-refractivity contribution in [2.75, 3.05) is 12.4 Å². The molecule has 6 heteroatoms. The second kappa shape index (κ2) is 7.05. The largest absolute Gasteiger partial charge is 0.497 e. The molecule has 0 unspecified atom stereocenters. The van der Waals surface area contributed by atoms with Crippen molar-refractivity contribution in [3.05, 3.63) is 64.2 Å². The van der Waals surface area contributed by atoms with Gasteiger partial charge in [-0.15, -0.1) is 11.3 Å². The van der Waals surface area contributed by atoms with Crippen LogP contribution in [0.15, 0.2) is 58.4 Å². The van der Waals surface area contributed by atoms with E-state index in [1.54, 1.807) is 18.4 Å². The van der Waals surface area contributed by atoms with Gasteiger partial charge in [-0.25, -0.2) is 9.97 Å². The van der Waals surface area contributed by atoms with Crippen molar-refractivity contribution in [3.8, 4) is 16.9 Å². The van der Waals surface area contributed by atoms with Crippen LogP contribution >= 0.6 is 27.3 Å². The predicted molar refractivity (Wildman–Crippen MR) is 112 cm³/mol. The first kappa shape index (κ1) is 17.0. The lowest BCUT2D eigenvalue weighted by Gasteiger charge is -2.10. The Bertz CT molecular complexity index is 1080. The van der Waals surface area contributed by atoms with Gasteiger partial charge in [-0.05, 0) is 42.8 Å². The van der Waals surface area contributed by atoms with E-state index in [0.29, 0.717) is 0 Å². The number of nitrogens with one attached hydrogen (secondary N) is 1. The van der Waals surface area contributed by atoms with Crippen molar-refractivity contribution in [1.29, 1.82) is 0 Å². The van der Waals surface area contributed by atoms with Crippen LogP contribution in [0.3, 0.4) is 0 Å². The monoisotopic (exact) mass is 425 g/mol. The number of rotatable bonds is 4. The number of ether oxygens (including phenoxy) is 1. The van der Waals surface area contributed by atoms with E-state index in [1.807, 2.05) is 43.3 Å². The molecule has 2 aromatic heterocycles. The van der Waals surface area contributed by atoms with E-state index in [0.717, 1.165) is 48.9 Å². The van der Waals surface area contributed by atoms with Crippen LogP contribution in [0, 0.1) is 6.92 Å². The van der Waals surface area contributed by atoms with E-state index < -0.39 is 0 Å². The summed E-state index contributed by atoms with van der Waals surface area (Å²) in [5.74, 6) is 2.41. The van der Waals surface area contributed by atoms with E-state index in [4.69, 9.17) is 4.74 Å². The zero-order valence-electron chi connectivity index (χ0n) is 14.3. The fourth-order valence-corrected chi connectivity index (χ4v) is 4.22. The van der Waals surface area contributed by atoms with Gasteiger partial charge in [0, 0.05) is 21.1 Å². The molecule has 0 spiro atoms. The predicted octanol–water partition coefficient (Wildman–Crippen LogP) is 6.18. The summed E-state index contributed by atoms with van der Waals surface area (Å²) in [6, 6.07) is 16.1. The molecule has 0 bridgehead atoms. The molecule has 130 valence electrons. The van der Waals surface area contributed by atoms with Crippen LogP contribution in [0.1, 0.15) is 5.82 Å². The molecule has 4 rings (SSSR count). The summed E-state index contributed by atoms with van der Waals surface area (Å²) in [4.78, 5) is 10.2. The number of fused-ring (bicyclic) bond motifs is 1. The third-order valence-corrected chi connectivity index (χ3v) is 5.40. The molecule has 0 aliphatic rings. The molecule has 1 N–H and O–H groups in total. The SMILES string of the molecule is COc1ccc(-c2csc3nc(C)nc(Nc4cccc(Br)c4)c23)cc1. The summed E-state index contributed by atoms with van der Waals surface area (Å²) in [5.41, 5.74) is 3.21. The van der Waals surface area contributed by atoms with Gasteiger partial charge >= 0.3 is 0 Å². The van der Waals surface area contributed by atoms with Gasteiger partial charge in [0.1, 0.15) is 22.2 Å². The normalized spacial score (nSPS) is 10.9. The lowest BCUT2D eigenvalue weighted by Crippen LogP contribution is -1.98. The minimum absolute atomic E-state index is 0.748. The topological polar surface area (TPSA) is 47.0 Å². The first-order chi connectivity index (χ1) is 12.6. The lowest BCUT2D eigenvalue weighted by atomic mass is 10.1. The van der Waals surface area contributed by atoms with Crippen molar-refractivity contribution in [2.45, 2.75) is 6.92 Å². The summed E-state index contributed by atoms with van der Waals surface area (Å²) in [5, 5.41) is 6.61. The highest BCUT2D eigenvalue weighted by atomic mass is 79.9. The number of anilines is 2. The molecule has 0 fully saturated rings. The quantitative estimate of drug-likeness (QED) is 0.423. The summed E-state index contributed by atoms with van der Waals surface area (Å²) in [6.07, 6.45) is 0. The van der Waals surface area contributed by atoms with Gasteiger partial charge in [-0.1, -0.05) is 34.1 Å². The molecule has 0 saturated heterocycles. The molecule has 4 aromatic rings. The fraction of sp³-hybridized carbons (Fsp3) is 0.100. The number of aromatic nitrogens is 2. The van der Waals surface area contributed by atoms with Crippen molar-refractivity contribution in [3.63, 3.8) is 0 Å². The van der Waals surface area contributed by atoms with Crippen LogP contribution in [0.25, 0.3) is 21.3 Å². The number of halogens is 1. The van der Waals surface area contributed by atoms with Gasteiger partial charge in [-0.3, -0.25) is 0 Å². The minimum atomic E-state index is 0.748. The van der Waals surface area contributed by atoms with Crippen LogP contribution in [-0.2, 0) is 0 Å². The smallest absolute Gasteiger partial charge is 0.143 e. The average Bonchev–Trinajstić information content (AvgIpc) is 3.06. The van der Waals surface area contributed by atoms with Crippen molar-refractivity contribution >= 4 is 49.0 Å². The van der Waals surface area contributed by atoms with Crippen molar-refractivity contribution in [1.82, 2.24) is 9.97 Å². The second-order valence-electron chi connectivity index (χ2n) is 5.81. The number of methoxy groups -OCH3 is 1. The maximum Gasteiger partial charge on any atom is 0.143 e. The molecule has 0 atom stereocenters. The van der Waals surface area contributed by atoms with E-state index in [2.05, 4.69) is 48.7 Å². The number of aryl methyl sites for hydroxylation is 1. The first-order valence-electron chi connectivity index (χ1n) is 8.07. The third kappa shape index (κ3) is 3.30. The van der Waals surface area contributed by atoms with Crippen molar-refractivity contribution < 1.29 is 4.74 Å². The Kier molecular flexibility index (Phi) is 4.61. The molecular weight excluding hydrogens is 410 g/mol.